The zero-order chi connectivity index (χ0) is 18.4. The highest BCUT2D eigenvalue weighted by molar-refractivity contribution is 5.91. The van der Waals surface area contributed by atoms with Crippen LogP contribution in [0.3, 0.4) is 0 Å². The van der Waals surface area contributed by atoms with Gasteiger partial charge in [-0.1, -0.05) is 29.8 Å². The van der Waals surface area contributed by atoms with Crippen molar-refractivity contribution in [1.82, 2.24) is 0 Å². The van der Waals surface area contributed by atoms with Crippen molar-refractivity contribution in [3.63, 3.8) is 0 Å². The van der Waals surface area contributed by atoms with E-state index < -0.39 is 5.97 Å². The van der Waals surface area contributed by atoms with Crippen LogP contribution in [0.5, 0.6) is 5.75 Å². The monoisotopic (exact) mass is 340 g/mol. The Morgan fingerprint density at radius 3 is 2.23 bits per heavy atom. The van der Waals surface area contributed by atoms with Crippen molar-refractivity contribution in [2.75, 3.05) is 0 Å². The summed E-state index contributed by atoms with van der Waals surface area (Å²) in [5, 5.41) is 8.78. The molecule has 0 radical (unpaired) electrons. The van der Waals surface area contributed by atoms with Crippen LogP contribution in [0.1, 0.15) is 27.0 Å². The Kier molecular flexibility index (Phi) is 5.21. The van der Waals surface area contributed by atoms with Gasteiger partial charge in [0.1, 0.15) is 5.75 Å². The molecule has 0 aliphatic heterocycles. The van der Waals surface area contributed by atoms with Gasteiger partial charge in [0.05, 0.1) is 22.9 Å². The summed E-state index contributed by atoms with van der Waals surface area (Å²) in [6.45, 7) is 2.04. The van der Waals surface area contributed by atoms with E-state index >= 15 is 0 Å². The van der Waals surface area contributed by atoms with Crippen molar-refractivity contribution in [2.45, 2.75) is 6.92 Å². The maximum absolute atomic E-state index is 12.1. The minimum Gasteiger partial charge on any atom is -0.423 e. The Morgan fingerprint density at radius 2 is 1.62 bits per heavy atom. The van der Waals surface area contributed by atoms with Crippen LogP contribution in [0.25, 0.3) is 0 Å². The molecule has 0 atom stereocenters. The zero-order valence-electron chi connectivity index (χ0n) is 14.2. The van der Waals surface area contributed by atoms with Gasteiger partial charge in [-0.2, -0.15) is 5.26 Å². The Hall–Kier alpha value is -3.71. The molecule has 3 aromatic rings. The minimum absolute atomic E-state index is 0.394. The fourth-order valence-corrected chi connectivity index (χ4v) is 2.25. The molecule has 126 valence electrons. The zero-order valence-corrected chi connectivity index (χ0v) is 14.2. The van der Waals surface area contributed by atoms with Crippen LogP contribution in [0.15, 0.2) is 77.8 Å². The van der Waals surface area contributed by atoms with E-state index in [1.807, 2.05) is 37.3 Å². The lowest BCUT2D eigenvalue weighted by Gasteiger charge is -2.04. The number of nitriles is 1. The summed E-state index contributed by atoms with van der Waals surface area (Å²) in [5.74, 6) is -0.0287. The molecule has 0 unspecified atom stereocenters. The van der Waals surface area contributed by atoms with Crippen molar-refractivity contribution >= 4 is 17.9 Å². The number of benzene rings is 3. The van der Waals surface area contributed by atoms with E-state index in [0.29, 0.717) is 16.9 Å². The summed E-state index contributed by atoms with van der Waals surface area (Å²) in [6.07, 6.45) is 1.79. The standard InChI is InChI=1S/C22H16N2O2/c1-16-2-4-18(5-3-16)15-24-20-10-12-21(13-11-20)26-22(25)19-8-6-17(14-23)7-9-19/h2-13,15H,1H3. The molecule has 0 fully saturated rings. The van der Waals surface area contributed by atoms with E-state index in [-0.39, 0.29) is 0 Å². The highest BCUT2D eigenvalue weighted by Gasteiger charge is 2.08. The summed E-state index contributed by atoms with van der Waals surface area (Å²) in [4.78, 5) is 16.5. The summed E-state index contributed by atoms with van der Waals surface area (Å²) in [7, 11) is 0. The largest absolute Gasteiger partial charge is 0.423 e. The molecule has 0 spiro atoms. The predicted octanol–water partition coefficient (Wildman–Crippen LogP) is 4.84. The van der Waals surface area contributed by atoms with Gasteiger partial charge in [0.25, 0.3) is 0 Å². The Morgan fingerprint density at radius 1 is 0.962 bits per heavy atom. The molecule has 4 heteroatoms. The first-order valence-corrected chi connectivity index (χ1v) is 8.07. The topological polar surface area (TPSA) is 62.4 Å². The van der Waals surface area contributed by atoms with E-state index in [1.165, 1.54) is 5.56 Å². The van der Waals surface area contributed by atoms with E-state index in [9.17, 15) is 4.79 Å². The molecule has 0 aliphatic rings. The molecule has 3 aromatic carbocycles. The maximum atomic E-state index is 12.1. The normalized spacial score (nSPS) is 10.5. The lowest BCUT2D eigenvalue weighted by molar-refractivity contribution is 0.0735. The van der Waals surface area contributed by atoms with Gasteiger partial charge in [-0.25, -0.2) is 4.79 Å². The third-order valence-electron chi connectivity index (χ3n) is 3.74. The molecular formula is C22H16N2O2. The first kappa shape index (κ1) is 17.1. The van der Waals surface area contributed by atoms with E-state index in [1.54, 1.807) is 54.7 Å². The summed E-state index contributed by atoms with van der Waals surface area (Å²) >= 11 is 0. The van der Waals surface area contributed by atoms with Gasteiger partial charge in [0.15, 0.2) is 0 Å². The van der Waals surface area contributed by atoms with Crippen molar-refractivity contribution in [3.05, 3.63) is 95.1 Å². The van der Waals surface area contributed by atoms with Crippen LogP contribution in [0.4, 0.5) is 5.69 Å². The van der Waals surface area contributed by atoms with Gasteiger partial charge in [-0.05, 0) is 61.0 Å². The molecule has 0 aromatic heterocycles. The lowest BCUT2D eigenvalue weighted by Crippen LogP contribution is -2.08. The fraction of sp³-hybridized carbons (Fsp3) is 0.0455. The van der Waals surface area contributed by atoms with Crippen molar-refractivity contribution < 1.29 is 9.53 Å². The second-order valence-electron chi connectivity index (χ2n) is 5.74. The average Bonchev–Trinajstić information content (AvgIpc) is 2.68. The number of nitrogens with zero attached hydrogens (tertiary/aromatic N) is 2. The molecule has 0 heterocycles. The van der Waals surface area contributed by atoms with Crippen LogP contribution < -0.4 is 4.74 Å². The second kappa shape index (κ2) is 7.91. The smallest absolute Gasteiger partial charge is 0.343 e. The maximum Gasteiger partial charge on any atom is 0.343 e. The number of aliphatic imine (C=N–C) groups is 1. The number of aryl methyl sites for hydroxylation is 1. The quantitative estimate of drug-likeness (QED) is 0.388. The summed E-state index contributed by atoms with van der Waals surface area (Å²) < 4.78 is 5.33. The Bertz CT molecular complexity index is 965. The molecular weight excluding hydrogens is 324 g/mol. The van der Waals surface area contributed by atoms with Crippen LogP contribution in [-0.2, 0) is 0 Å². The van der Waals surface area contributed by atoms with Crippen LogP contribution >= 0.6 is 0 Å². The van der Waals surface area contributed by atoms with Gasteiger partial charge in [0, 0.05) is 6.21 Å². The number of hydrogen-bond acceptors (Lipinski definition) is 4. The summed E-state index contributed by atoms with van der Waals surface area (Å²) in [6, 6.07) is 23.4. The van der Waals surface area contributed by atoms with Crippen LogP contribution in [0.2, 0.25) is 0 Å². The van der Waals surface area contributed by atoms with E-state index in [4.69, 9.17) is 10.00 Å². The van der Waals surface area contributed by atoms with Gasteiger partial charge in [-0.3, -0.25) is 4.99 Å². The number of ether oxygens (including phenoxy) is 1. The molecule has 0 aliphatic carbocycles. The third-order valence-corrected chi connectivity index (χ3v) is 3.74. The van der Waals surface area contributed by atoms with Crippen molar-refractivity contribution in [2.24, 2.45) is 4.99 Å². The molecule has 0 bridgehead atoms. The summed E-state index contributed by atoms with van der Waals surface area (Å²) in [5.41, 5.74) is 3.88. The van der Waals surface area contributed by atoms with Crippen LogP contribution in [-0.4, -0.2) is 12.2 Å². The molecule has 0 amide bonds. The fourth-order valence-electron chi connectivity index (χ4n) is 2.25. The molecule has 0 saturated heterocycles. The third kappa shape index (κ3) is 4.43. The SMILES string of the molecule is Cc1ccc(C=Nc2ccc(OC(=O)c3ccc(C#N)cc3)cc2)cc1. The highest BCUT2D eigenvalue weighted by atomic mass is 16.5. The Balaban J connectivity index is 1.64. The first-order chi connectivity index (χ1) is 12.6. The molecule has 0 N–H and O–H groups in total. The number of hydrogen-bond donors (Lipinski definition) is 0. The molecule has 26 heavy (non-hydrogen) atoms. The number of esters is 1. The van der Waals surface area contributed by atoms with E-state index in [2.05, 4.69) is 4.99 Å². The number of rotatable bonds is 4. The van der Waals surface area contributed by atoms with Crippen molar-refractivity contribution in [1.29, 1.82) is 5.26 Å². The average molecular weight is 340 g/mol. The van der Waals surface area contributed by atoms with Crippen molar-refractivity contribution in [3.8, 4) is 11.8 Å². The highest BCUT2D eigenvalue weighted by Crippen LogP contribution is 2.19. The Labute approximate surface area is 152 Å². The second-order valence-corrected chi connectivity index (χ2v) is 5.74. The van der Waals surface area contributed by atoms with Gasteiger partial charge >= 0.3 is 5.97 Å². The molecule has 0 saturated carbocycles. The van der Waals surface area contributed by atoms with Gasteiger partial charge < -0.3 is 4.74 Å². The molecule has 3 rings (SSSR count). The lowest BCUT2D eigenvalue weighted by atomic mass is 10.1. The number of carbonyl (C=O) groups is 1. The van der Waals surface area contributed by atoms with Gasteiger partial charge in [0.2, 0.25) is 0 Å². The predicted molar refractivity (Wildman–Crippen MR) is 101 cm³/mol. The van der Waals surface area contributed by atoms with E-state index in [0.717, 1.165) is 11.3 Å². The first-order valence-electron chi connectivity index (χ1n) is 8.07. The minimum atomic E-state index is -0.467. The number of carbonyl (C=O) groups excluding carboxylic acids is 1. The van der Waals surface area contributed by atoms with Gasteiger partial charge in [-0.15, -0.1) is 0 Å². The van der Waals surface area contributed by atoms with Crippen LogP contribution in [0, 0.1) is 18.3 Å². The molecule has 4 nitrogen and oxygen atoms in total.